The van der Waals surface area contributed by atoms with Crippen molar-refractivity contribution in [3.8, 4) is 11.5 Å². The van der Waals surface area contributed by atoms with Crippen LogP contribution in [-0.4, -0.2) is 49.7 Å². The summed E-state index contributed by atoms with van der Waals surface area (Å²) >= 11 is 0. The van der Waals surface area contributed by atoms with Crippen LogP contribution in [0.5, 0.6) is 11.5 Å². The quantitative estimate of drug-likeness (QED) is 0.397. The van der Waals surface area contributed by atoms with Crippen LogP contribution in [0.2, 0.25) is 0 Å². The first-order chi connectivity index (χ1) is 17.5. The van der Waals surface area contributed by atoms with Gasteiger partial charge in [-0.15, -0.1) is 0 Å². The summed E-state index contributed by atoms with van der Waals surface area (Å²) in [6.07, 6.45) is 0.893. The molecule has 190 valence electrons. The highest BCUT2D eigenvalue weighted by molar-refractivity contribution is 6.02. The van der Waals surface area contributed by atoms with Crippen LogP contribution in [-0.2, 0) is 20.7 Å². The van der Waals surface area contributed by atoms with Gasteiger partial charge < -0.3 is 19.5 Å². The van der Waals surface area contributed by atoms with Gasteiger partial charge in [-0.3, -0.25) is 14.5 Å². The summed E-state index contributed by atoms with van der Waals surface area (Å²) in [5.74, 6) is 0.936. The molecule has 0 spiro atoms. The van der Waals surface area contributed by atoms with Gasteiger partial charge >= 0.3 is 5.97 Å². The lowest BCUT2D eigenvalue weighted by Crippen LogP contribution is -2.41. The first-order valence-corrected chi connectivity index (χ1v) is 12.6. The van der Waals surface area contributed by atoms with E-state index in [1.54, 1.807) is 6.92 Å². The number of ether oxygens (including phenoxy) is 3. The van der Waals surface area contributed by atoms with Gasteiger partial charge in [0.2, 0.25) is 5.91 Å². The Morgan fingerprint density at radius 3 is 2.42 bits per heavy atom. The number of hydrogen-bond acceptors (Lipinski definition) is 6. The maximum absolute atomic E-state index is 13.2. The van der Waals surface area contributed by atoms with Gasteiger partial charge in [-0.2, -0.15) is 0 Å². The van der Waals surface area contributed by atoms with E-state index in [4.69, 9.17) is 14.2 Å². The van der Waals surface area contributed by atoms with Gasteiger partial charge in [-0.05, 0) is 61.9 Å². The average molecular weight is 491 g/mol. The van der Waals surface area contributed by atoms with E-state index in [1.165, 1.54) is 0 Å². The van der Waals surface area contributed by atoms with Gasteiger partial charge in [-0.1, -0.05) is 36.4 Å². The number of nitrogens with zero attached hydrogens (tertiary/aromatic N) is 1. The SMILES string of the molecule is CCOC(=O)C[C@H]1c2cc(OCC)c(OCC)cc2CCN1CC(=O)Nc1cccc2ccccc12. The minimum absolute atomic E-state index is 0.125. The van der Waals surface area contributed by atoms with Crippen molar-refractivity contribution in [2.24, 2.45) is 0 Å². The molecule has 3 aromatic carbocycles. The number of carbonyl (C=O) groups excluding carboxylic acids is 2. The van der Waals surface area contributed by atoms with E-state index in [0.29, 0.717) is 37.9 Å². The minimum Gasteiger partial charge on any atom is -0.490 e. The molecule has 0 fully saturated rings. The van der Waals surface area contributed by atoms with Gasteiger partial charge in [0.1, 0.15) is 0 Å². The Morgan fingerprint density at radius 1 is 0.944 bits per heavy atom. The maximum Gasteiger partial charge on any atom is 0.307 e. The van der Waals surface area contributed by atoms with Crippen molar-refractivity contribution < 1.29 is 23.8 Å². The molecule has 0 saturated carbocycles. The number of amides is 1. The van der Waals surface area contributed by atoms with Crippen LogP contribution in [0.4, 0.5) is 5.69 Å². The minimum atomic E-state index is -0.305. The number of nitrogens with one attached hydrogen (secondary N) is 1. The van der Waals surface area contributed by atoms with Gasteiger partial charge in [0.25, 0.3) is 0 Å². The van der Waals surface area contributed by atoms with Gasteiger partial charge in [-0.25, -0.2) is 0 Å². The summed E-state index contributed by atoms with van der Waals surface area (Å²) < 4.78 is 16.9. The molecular weight excluding hydrogens is 456 g/mol. The Balaban J connectivity index is 1.60. The zero-order chi connectivity index (χ0) is 25.5. The van der Waals surface area contributed by atoms with Crippen LogP contribution in [0.3, 0.4) is 0 Å². The number of anilines is 1. The third kappa shape index (κ3) is 5.79. The number of hydrogen-bond donors (Lipinski definition) is 1. The van der Waals surface area contributed by atoms with Crippen molar-refractivity contribution in [3.05, 3.63) is 65.7 Å². The predicted octanol–water partition coefficient (Wildman–Crippen LogP) is 5.13. The number of fused-ring (bicyclic) bond motifs is 2. The summed E-state index contributed by atoms with van der Waals surface area (Å²) in [6.45, 7) is 7.80. The summed E-state index contributed by atoms with van der Waals surface area (Å²) in [7, 11) is 0. The molecule has 0 aromatic heterocycles. The fourth-order valence-corrected chi connectivity index (χ4v) is 4.81. The second kappa shape index (κ2) is 11.9. The van der Waals surface area contributed by atoms with E-state index in [2.05, 4.69) is 10.2 Å². The number of esters is 1. The van der Waals surface area contributed by atoms with E-state index in [0.717, 1.165) is 34.0 Å². The van der Waals surface area contributed by atoms with Crippen molar-refractivity contribution in [2.75, 3.05) is 38.2 Å². The van der Waals surface area contributed by atoms with E-state index in [1.807, 2.05) is 68.4 Å². The standard InChI is InChI=1S/C29H34N2O5/c1-4-34-26-16-21-14-15-31(25(18-29(33)36-6-3)23(21)17-27(26)35-5-2)19-28(32)30-24-13-9-11-20-10-7-8-12-22(20)24/h7-13,16-17,25H,4-6,14-15,18-19H2,1-3H3,(H,30,32)/t25-/m0/s1. The van der Waals surface area contributed by atoms with Crippen LogP contribution < -0.4 is 14.8 Å². The molecule has 36 heavy (non-hydrogen) atoms. The summed E-state index contributed by atoms with van der Waals surface area (Å²) in [5, 5.41) is 5.13. The first kappa shape index (κ1) is 25.5. The molecule has 0 unspecified atom stereocenters. The molecule has 0 bridgehead atoms. The zero-order valence-electron chi connectivity index (χ0n) is 21.2. The van der Waals surface area contributed by atoms with Crippen LogP contribution >= 0.6 is 0 Å². The van der Waals surface area contributed by atoms with Gasteiger partial charge in [0.15, 0.2) is 11.5 Å². The van der Waals surface area contributed by atoms with E-state index < -0.39 is 0 Å². The lowest BCUT2D eigenvalue weighted by molar-refractivity contribution is -0.145. The van der Waals surface area contributed by atoms with Crippen molar-refractivity contribution in [1.29, 1.82) is 0 Å². The topological polar surface area (TPSA) is 77.1 Å². The van der Waals surface area contributed by atoms with Crippen LogP contribution in [0.25, 0.3) is 10.8 Å². The number of rotatable bonds is 10. The van der Waals surface area contributed by atoms with E-state index in [9.17, 15) is 9.59 Å². The number of benzene rings is 3. The molecule has 1 N–H and O–H groups in total. The lowest BCUT2D eigenvalue weighted by atomic mass is 9.90. The van der Waals surface area contributed by atoms with E-state index in [-0.39, 0.29) is 30.9 Å². The smallest absolute Gasteiger partial charge is 0.307 e. The van der Waals surface area contributed by atoms with Crippen molar-refractivity contribution in [3.63, 3.8) is 0 Å². The molecule has 0 saturated heterocycles. The molecule has 7 nitrogen and oxygen atoms in total. The van der Waals surface area contributed by atoms with E-state index >= 15 is 0 Å². The fraction of sp³-hybridized carbons (Fsp3) is 0.379. The third-order valence-corrected chi connectivity index (χ3v) is 6.35. The monoisotopic (exact) mass is 490 g/mol. The maximum atomic E-state index is 13.2. The summed E-state index contributed by atoms with van der Waals surface area (Å²) in [4.78, 5) is 27.8. The Morgan fingerprint density at radius 2 is 1.67 bits per heavy atom. The van der Waals surface area contributed by atoms with Crippen LogP contribution in [0.1, 0.15) is 44.4 Å². The number of carbonyl (C=O) groups is 2. The normalized spacial score (nSPS) is 15.2. The molecule has 1 aliphatic heterocycles. The largest absolute Gasteiger partial charge is 0.490 e. The van der Waals surface area contributed by atoms with Crippen LogP contribution in [0, 0.1) is 0 Å². The molecular formula is C29H34N2O5. The molecule has 1 atom stereocenters. The second-order valence-corrected chi connectivity index (χ2v) is 8.68. The molecule has 0 aliphatic carbocycles. The molecule has 1 heterocycles. The van der Waals surface area contributed by atoms with Gasteiger partial charge in [0.05, 0.1) is 32.8 Å². The molecule has 1 aliphatic rings. The zero-order valence-corrected chi connectivity index (χ0v) is 21.2. The summed E-state index contributed by atoms with van der Waals surface area (Å²) in [5.41, 5.74) is 2.85. The molecule has 7 heteroatoms. The Hall–Kier alpha value is -3.58. The Labute approximate surface area is 212 Å². The molecule has 4 rings (SSSR count). The highest BCUT2D eigenvalue weighted by atomic mass is 16.5. The highest BCUT2D eigenvalue weighted by Crippen LogP contribution is 2.40. The molecule has 3 aromatic rings. The second-order valence-electron chi connectivity index (χ2n) is 8.68. The Kier molecular flexibility index (Phi) is 8.44. The van der Waals surface area contributed by atoms with Gasteiger partial charge in [0, 0.05) is 23.7 Å². The first-order valence-electron chi connectivity index (χ1n) is 12.6. The Bertz CT molecular complexity index is 1220. The predicted molar refractivity (Wildman–Crippen MR) is 141 cm³/mol. The fourth-order valence-electron chi connectivity index (χ4n) is 4.81. The highest BCUT2D eigenvalue weighted by Gasteiger charge is 2.32. The lowest BCUT2D eigenvalue weighted by Gasteiger charge is -2.37. The van der Waals surface area contributed by atoms with Crippen molar-refractivity contribution in [2.45, 2.75) is 39.7 Å². The van der Waals surface area contributed by atoms with Crippen molar-refractivity contribution in [1.82, 2.24) is 4.90 Å². The van der Waals surface area contributed by atoms with Crippen molar-refractivity contribution >= 4 is 28.3 Å². The third-order valence-electron chi connectivity index (χ3n) is 6.35. The molecule has 0 radical (unpaired) electrons. The average Bonchev–Trinajstić information content (AvgIpc) is 2.87. The summed E-state index contributed by atoms with van der Waals surface area (Å²) in [6, 6.07) is 17.5. The molecule has 1 amide bonds. The van der Waals surface area contributed by atoms with Crippen LogP contribution in [0.15, 0.2) is 54.6 Å².